The van der Waals surface area contributed by atoms with Gasteiger partial charge in [0.05, 0.1) is 12.2 Å². The average molecular weight is 285 g/mol. The number of rotatable bonds is 8. The van der Waals surface area contributed by atoms with E-state index >= 15 is 0 Å². The summed E-state index contributed by atoms with van der Waals surface area (Å²) in [6.07, 6.45) is 7.39. The number of aryl methyl sites for hydroxylation is 2. The topological polar surface area (TPSA) is 43.8 Å². The molecule has 0 radical (unpaired) electrons. The van der Waals surface area contributed by atoms with Gasteiger partial charge in [-0.15, -0.1) is 0 Å². The van der Waals surface area contributed by atoms with Gasteiger partial charge in [0.15, 0.2) is 0 Å². The Kier molecular flexibility index (Phi) is 5.85. The summed E-state index contributed by atoms with van der Waals surface area (Å²) >= 11 is 0. The summed E-state index contributed by atoms with van der Waals surface area (Å²) in [6.45, 7) is 5.09. The number of nitrogen functional groups attached to an aromatic ring is 1. The molecule has 0 aliphatic rings. The molecule has 1 heterocycles. The van der Waals surface area contributed by atoms with Crippen LogP contribution >= 0.6 is 0 Å². The maximum absolute atomic E-state index is 6.29. The lowest BCUT2D eigenvalue weighted by Crippen LogP contribution is -2.06. The fourth-order valence-corrected chi connectivity index (χ4v) is 2.69. The van der Waals surface area contributed by atoms with Crippen molar-refractivity contribution in [3.8, 4) is 0 Å². The first-order chi connectivity index (χ1) is 10.2. The maximum Gasteiger partial charge on any atom is 0.127 e. The molecule has 2 N–H and O–H groups in total. The Hall–Kier alpha value is -1.77. The van der Waals surface area contributed by atoms with E-state index in [1.165, 1.54) is 37.7 Å². The van der Waals surface area contributed by atoms with Crippen molar-refractivity contribution in [1.29, 1.82) is 0 Å². The van der Waals surface area contributed by atoms with Crippen LogP contribution in [0.25, 0.3) is 0 Å². The lowest BCUT2D eigenvalue weighted by atomic mass is 10.1. The van der Waals surface area contributed by atoms with Crippen molar-refractivity contribution in [1.82, 2.24) is 9.55 Å². The second kappa shape index (κ2) is 7.87. The van der Waals surface area contributed by atoms with Gasteiger partial charge in [-0.2, -0.15) is 0 Å². The third kappa shape index (κ3) is 4.35. The van der Waals surface area contributed by atoms with Gasteiger partial charge >= 0.3 is 0 Å². The molecule has 2 aromatic rings. The maximum atomic E-state index is 6.29. The van der Waals surface area contributed by atoms with Gasteiger partial charge in [-0.1, -0.05) is 62.9 Å². The van der Waals surface area contributed by atoms with Crippen molar-refractivity contribution in [3.63, 3.8) is 0 Å². The van der Waals surface area contributed by atoms with Gasteiger partial charge in [-0.05, 0) is 25.3 Å². The number of nitrogens with two attached hydrogens (primary N) is 1. The molecule has 0 saturated carbocycles. The monoisotopic (exact) mass is 285 g/mol. The lowest BCUT2D eigenvalue weighted by Gasteiger charge is -2.08. The van der Waals surface area contributed by atoms with E-state index in [2.05, 4.69) is 40.7 Å². The van der Waals surface area contributed by atoms with Crippen molar-refractivity contribution in [2.75, 3.05) is 5.73 Å². The van der Waals surface area contributed by atoms with Gasteiger partial charge in [-0.3, -0.25) is 0 Å². The molecule has 3 heteroatoms. The summed E-state index contributed by atoms with van der Waals surface area (Å²) in [5.41, 5.74) is 8.63. The van der Waals surface area contributed by atoms with Crippen LogP contribution in [0, 0.1) is 6.92 Å². The van der Waals surface area contributed by atoms with Crippen LogP contribution in [0.15, 0.2) is 30.3 Å². The molecule has 0 aliphatic carbocycles. The van der Waals surface area contributed by atoms with Crippen LogP contribution in [0.3, 0.4) is 0 Å². The van der Waals surface area contributed by atoms with E-state index in [9.17, 15) is 0 Å². The minimum atomic E-state index is 0.807. The first-order valence-corrected chi connectivity index (χ1v) is 8.07. The second-order valence-corrected chi connectivity index (χ2v) is 5.73. The quantitative estimate of drug-likeness (QED) is 0.733. The van der Waals surface area contributed by atoms with Gasteiger partial charge in [0.1, 0.15) is 11.6 Å². The number of hydrogen-bond acceptors (Lipinski definition) is 2. The molecule has 3 nitrogen and oxygen atoms in total. The van der Waals surface area contributed by atoms with Crippen LogP contribution in [0.4, 0.5) is 5.82 Å². The average Bonchev–Trinajstić information content (AvgIpc) is 2.76. The fourth-order valence-electron chi connectivity index (χ4n) is 2.69. The Morgan fingerprint density at radius 2 is 1.76 bits per heavy atom. The number of imidazole rings is 1. The smallest absolute Gasteiger partial charge is 0.127 e. The molecule has 0 aliphatic heterocycles. The number of unbranched alkanes of at least 4 members (excludes halogenated alkanes) is 4. The van der Waals surface area contributed by atoms with E-state index in [1.54, 1.807) is 0 Å². The fraction of sp³-hybridized carbons (Fsp3) is 0.500. The Balaban J connectivity index is 1.97. The zero-order valence-corrected chi connectivity index (χ0v) is 13.3. The molecule has 0 spiro atoms. The minimum absolute atomic E-state index is 0.807. The first kappa shape index (κ1) is 15.6. The van der Waals surface area contributed by atoms with Crippen LogP contribution in [-0.2, 0) is 13.0 Å². The molecule has 1 aromatic carbocycles. The van der Waals surface area contributed by atoms with Crippen molar-refractivity contribution in [2.24, 2.45) is 0 Å². The number of anilines is 1. The van der Waals surface area contributed by atoms with E-state index in [-0.39, 0.29) is 0 Å². The SMILES string of the molecule is CCCCCCCc1nc(C)n(Cc2ccccc2)c1N. The first-order valence-electron chi connectivity index (χ1n) is 8.07. The Bertz CT molecular complexity index is 543. The molecule has 0 bridgehead atoms. The van der Waals surface area contributed by atoms with Crippen LogP contribution in [0.5, 0.6) is 0 Å². The molecule has 114 valence electrons. The lowest BCUT2D eigenvalue weighted by molar-refractivity contribution is 0.629. The summed E-state index contributed by atoms with van der Waals surface area (Å²) in [5.74, 6) is 1.85. The molecular weight excluding hydrogens is 258 g/mol. The van der Waals surface area contributed by atoms with E-state index in [1.807, 2.05) is 13.0 Å². The highest BCUT2D eigenvalue weighted by molar-refractivity contribution is 5.39. The molecule has 2 rings (SSSR count). The highest BCUT2D eigenvalue weighted by Gasteiger charge is 2.11. The van der Waals surface area contributed by atoms with Crippen LogP contribution in [0.1, 0.15) is 56.1 Å². The van der Waals surface area contributed by atoms with Crippen molar-refractivity contribution in [2.45, 2.75) is 58.9 Å². The molecule has 0 atom stereocenters. The van der Waals surface area contributed by atoms with Crippen molar-refractivity contribution in [3.05, 3.63) is 47.4 Å². The van der Waals surface area contributed by atoms with Gasteiger partial charge < -0.3 is 10.3 Å². The Labute approximate surface area is 128 Å². The molecular formula is C18H27N3. The third-order valence-corrected chi connectivity index (χ3v) is 3.97. The van der Waals surface area contributed by atoms with Gasteiger partial charge in [0.25, 0.3) is 0 Å². The van der Waals surface area contributed by atoms with Gasteiger partial charge in [0, 0.05) is 0 Å². The van der Waals surface area contributed by atoms with Gasteiger partial charge in [0.2, 0.25) is 0 Å². The van der Waals surface area contributed by atoms with Crippen LogP contribution in [0.2, 0.25) is 0 Å². The Morgan fingerprint density at radius 3 is 2.48 bits per heavy atom. The highest BCUT2D eigenvalue weighted by Crippen LogP contribution is 2.19. The number of hydrogen-bond donors (Lipinski definition) is 1. The summed E-state index contributed by atoms with van der Waals surface area (Å²) in [5, 5.41) is 0. The van der Waals surface area contributed by atoms with Crippen LogP contribution < -0.4 is 5.73 Å². The predicted octanol–water partition coefficient (Wildman–Crippen LogP) is 4.33. The van der Waals surface area contributed by atoms with Gasteiger partial charge in [-0.25, -0.2) is 4.98 Å². The van der Waals surface area contributed by atoms with E-state index in [0.717, 1.165) is 30.3 Å². The number of nitrogens with zero attached hydrogens (tertiary/aromatic N) is 2. The van der Waals surface area contributed by atoms with E-state index in [0.29, 0.717) is 0 Å². The standard InChI is InChI=1S/C18H27N3/c1-3-4-5-6-10-13-17-18(19)21(15(2)20-17)14-16-11-8-7-9-12-16/h7-9,11-12H,3-6,10,13-14,19H2,1-2H3. The number of aromatic nitrogens is 2. The zero-order chi connectivity index (χ0) is 15.1. The van der Waals surface area contributed by atoms with Crippen molar-refractivity contribution >= 4 is 5.82 Å². The summed E-state index contributed by atoms with van der Waals surface area (Å²) in [4.78, 5) is 4.66. The third-order valence-electron chi connectivity index (χ3n) is 3.97. The summed E-state index contributed by atoms with van der Waals surface area (Å²) < 4.78 is 2.12. The second-order valence-electron chi connectivity index (χ2n) is 5.73. The molecule has 1 aromatic heterocycles. The number of benzene rings is 1. The van der Waals surface area contributed by atoms with Crippen LogP contribution in [-0.4, -0.2) is 9.55 Å². The molecule has 0 amide bonds. The molecule has 0 saturated heterocycles. The summed E-state index contributed by atoms with van der Waals surface area (Å²) in [6, 6.07) is 10.4. The molecule has 21 heavy (non-hydrogen) atoms. The predicted molar refractivity (Wildman–Crippen MR) is 89.4 cm³/mol. The minimum Gasteiger partial charge on any atom is -0.384 e. The van der Waals surface area contributed by atoms with Crippen molar-refractivity contribution < 1.29 is 0 Å². The normalized spacial score (nSPS) is 11.0. The zero-order valence-electron chi connectivity index (χ0n) is 13.3. The molecule has 0 fully saturated rings. The van der Waals surface area contributed by atoms with E-state index in [4.69, 9.17) is 5.73 Å². The van der Waals surface area contributed by atoms with E-state index < -0.39 is 0 Å². The summed E-state index contributed by atoms with van der Waals surface area (Å²) in [7, 11) is 0. The largest absolute Gasteiger partial charge is 0.384 e. The highest BCUT2D eigenvalue weighted by atomic mass is 15.1. The Morgan fingerprint density at radius 1 is 1.05 bits per heavy atom. The molecule has 0 unspecified atom stereocenters.